The molecular formula is C16H20N4OS. The molecule has 0 bridgehead atoms. The molecule has 2 aromatic rings. The molecule has 3 rings (SSSR count). The molecule has 5 nitrogen and oxygen atoms in total. The van der Waals surface area contributed by atoms with Crippen LogP contribution in [0.2, 0.25) is 0 Å². The zero-order chi connectivity index (χ0) is 15.5. The summed E-state index contributed by atoms with van der Waals surface area (Å²) < 4.78 is 2.02. The Labute approximate surface area is 134 Å². The van der Waals surface area contributed by atoms with Gasteiger partial charge in [0.1, 0.15) is 5.82 Å². The van der Waals surface area contributed by atoms with Gasteiger partial charge in [-0.3, -0.25) is 4.79 Å². The summed E-state index contributed by atoms with van der Waals surface area (Å²) in [7, 11) is 1.98. The molecule has 1 atom stereocenters. The monoisotopic (exact) mass is 316 g/mol. The molecule has 1 aliphatic carbocycles. The van der Waals surface area contributed by atoms with Gasteiger partial charge < -0.3 is 9.88 Å². The van der Waals surface area contributed by atoms with Crippen LogP contribution in [0, 0.1) is 0 Å². The molecule has 1 saturated carbocycles. The molecule has 1 fully saturated rings. The lowest BCUT2D eigenvalue weighted by molar-refractivity contribution is -0.120. The van der Waals surface area contributed by atoms with Gasteiger partial charge in [-0.1, -0.05) is 42.1 Å². The predicted molar refractivity (Wildman–Crippen MR) is 86.6 cm³/mol. The Balaban J connectivity index is 1.54. The van der Waals surface area contributed by atoms with Crippen LogP contribution >= 0.6 is 11.8 Å². The molecule has 0 unspecified atom stereocenters. The van der Waals surface area contributed by atoms with E-state index in [0.717, 1.165) is 16.5 Å². The van der Waals surface area contributed by atoms with Gasteiger partial charge in [0, 0.05) is 19.5 Å². The van der Waals surface area contributed by atoms with Crippen LogP contribution in [0.15, 0.2) is 35.5 Å². The lowest BCUT2D eigenvalue weighted by atomic mass is 10.2. The number of carbonyl (C=O) groups is 1. The van der Waals surface area contributed by atoms with Gasteiger partial charge in [-0.2, -0.15) is 0 Å². The first kappa shape index (κ1) is 15.1. The molecule has 116 valence electrons. The molecule has 1 aromatic heterocycles. The normalized spacial score (nSPS) is 15.5. The summed E-state index contributed by atoms with van der Waals surface area (Å²) in [5, 5.41) is 12.0. The van der Waals surface area contributed by atoms with Gasteiger partial charge in [0.15, 0.2) is 5.16 Å². The van der Waals surface area contributed by atoms with Crippen molar-refractivity contribution in [3.05, 3.63) is 41.7 Å². The van der Waals surface area contributed by atoms with Gasteiger partial charge in [0.2, 0.25) is 5.91 Å². The van der Waals surface area contributed by atoms with Crippen LogP contribution in [-0.2, 0) is 18.4 Å². The summed E-state index contributed by atoms with van der Waals surface area (Å²) >= 11 is 1.46. The summed E-state index contributed by atoms with van der Waals surface area (Å²) in [5.41, 5.74) is 1.10. The molecule has 1 aliphatic rings. The van der Waals surface area contributed by atoms with Gasteiger partial charge >= 0.3 is 0 Å². The average Bonchev–Trinajstić information content (AvgIpc) is 3.31. The van der Waals surface area contributed by atoms with Crippen LogP contribution in [0.5, 0.6) is 0 Å². The average molecular weight is 316 g/mol. The Hall–Kier alpha value is -1.82. The summed E-state index contributed by atoms with van der Waals surface area (Å²) in [6.45, 7) is 2.45. The molecule has 0 radical (unpaired) electrons. The molecule has 1 amide bonds. The summed E-state index contributed by atoms with van der Waals surface area (Å²) in [4.78, 5) is 12.2. The first-order valence-electron chi connectivity index (χ1n) is 7.52. The van der Waals surface area contributed by atoms with Crippen LogP contribution in [0.25, 0.3) is 0 Å². The SMILES string of the molecule is C[C@@H](Sc1nnc(C2CC2)n1C)C(=O)NCc1ccccc1. The Morgan fingerprint density at radius 2 is 2.09 bits per heavy atom. The minimum absolute atomic E-state index is 0.0184. The quantitative estimate of drug-likeness (QED) is 0.832. The van der Waals surface area contributed by atoms with Crippen LogP contribution in [-0.4, -0.2) is 25.9 Å². The number of carbonyl (C=O) groups excluding carboxylic acids is 1. The molecule has 0 spiro atoms. The number of amides is 1. The zero-order valence-corrected chi connectivity index (χ0v) is 13.6. The third-order valence-electron chi connectivity index (χ3n) is 3.77. The van der Waals surface area contributed by atoms with E-state index in [1.807, 2.05) is 48.9 Å². The van der Waals surface area contributed by atoms with Crippen molar-refractivity contribution in [3.8, 4) is 0 Å². The van der Waals surface area contributed by atoms with Gasteiger partial charge in [-0.15, -0.1) is 10.2 Å². The van der Waals surface area contributed by atoms with E-state index in [1.54, 1.807) is 0 Å². The molecule has 6 heteroatoms. The first-order chi connectivity index (χ1) is 10.6. The van der Waals surface area contributed by atoms with E-state index in [1.165, 1.54) is 24.6 Å². The second-order valence-electron chi connectivity index (χ2n) is 5.64. The Bertz CT molecular complexity index is 651. The molecule has 0 aliphatic heterocycles. The van der Waals surface area contributed by atoms with Crippen molar-refractivity contribution in [1.82, 2.24) is 20.1 Å². The minimum Gasteiger partial charge on any atom is -0.351 e. The van der Waals surface area contributed by atoms with Gasteiger partial charge in [-0.25, -0.2) is 0 Å². The number of thioether (sulfide) groups is 1. The zero-order valence-electron chi connectivity index (χ0n) is 12.8. The summed E-state index contributed by atoms with van der Waals surface area (Å²) in [5.74, 6) is 1.62. The Morgan fingerprint density at radius 3 is 2.77 bits per heavy atom. The van der Waals surface area contributed by atoms with E-state index < -0.39 is 0 Å². The smallest absolute Gasteiger partial charge is 0.233 e. The van der Waals surface area contributed by atoms with Crippen molar-refractivity contribution in [2.45, 2.75) is 42.6 Å². The van der Waals surface area contributed by atoms with Crippen molar-refractivity contribution in [3.63, 3.8) is 0 Å². The highest BCUT2D eigenvalue weighted by atomic mass is 32.2. The first-order valence-corrected chi connectivity index (χ1v) is 8.40. The molecule has 1 heterocycles. The number of rotatable bonds is 6. The third-order valence-corrected chi connectivity index (χ3v) is 4.91. The topological polar surface area (TPSA) is 59.8 Å². The molecule has 22 heavy (non-hydrogen) atoms. The van der Waals surface area contributed by atoms with Crippen LogP contribution in [0.1, 0.15) is 37.1 Å². The number of nitrogens with zero attached hydrogens (tertiary/aromatic N) is 3. The van der Waals surface area contributed by atoms with E-state index in [2.05, 4.69) is 15.5 Å². The molecule has 1 aromatic carbocycles. The van der Waals surface area contributed by atoms with Crippen molar-refractivity contribution < 1.29 is 4.79 Å². The highest BCUT2D eigenvalue weighted by Gasteiger charge is 2.30. The standard InChI is InChI=1S/C16H20N4OS/c1-11(15(21)17-10-12-6-4-3-5-7-12)22-16-19-18-14(20(16)2)13-8-9-13/h3-7,11,13H,8-10H2,1-2H3,(H,17,21)/t11-/m1/s1. The maximum atomic E-state index is 12.2. The maximum Gasteiger partial charge on any atom is 0.233 e. The Kier molecular flexibility index (Phi) is 4.47. The van der Waals surface area contributed by atoms with Crippen LogP contribution in [0.3, 0.4) is 0 Å². The number of aromatic nitrogens is 3. The van der Waals surface area contributed by atoms with E-state index >= 15 is 0 Å². The number of hydrogen-bond donors (Lipinski definition) is 1. The summed E-state index contributed by atoms with van der Waals surface area (Å²) in [6.07, 6.45) is 2.40. The molecular weight excluding hydrogens is 296 g/mol. The van der Waals surface area contributed by atoms with Gasteiger partial charge in [0.25, 0.3) is 0 Å². The minimum atomic E-state index is -0.196. The highest BCUT2D eigenvalue weighted by Crippen LogP contribution is 2.39. The van der Waals surface area contributed by atoms with E-state index in [4.69, 9.17) is 0 Å². The number of hydrogen-bond acceptors (Lipinski definition) is 4. The fourth-order valence-corrected chi connectivity index (χ4v) is 3.11. The highest BCUT2D eigenvalue weighted by molar-refractivity contribution is 8.00. The molecule has 1 N–H and O–H groups in total. The van der Waals surface area contributed by atoms with Crippen molar-refractivity contribution >= 4 is 17.7 Å². The van der Waals surface area contributed by atoms with Gasteiger partial charge in [0.05, 0.1) is 5.25 Å². The van der Waals surface area contributed by atoms with E-state index in [-0.39, 0.29) is 11.2 Å². The van der Waals surface area contributed by atoms with Crippen LogP contribution in [0.4, 0.5) is 0 Å². The van der Waals surface area contributed by atoms with Crippen molar-refractivity contribution in [2.24, 2.45) is 7.05 Å². The van der Waals surface area contributed by atoms with Gasteiger partial charge in [-0.05, 0) is 25.3 Å². The second-order valence-corrected chi connectivity index (χ2v) is 6.95. The third kappa shape index (κ3) is 3.50. The number of benzene rings is 1. The predicted octanol–water partition coefficient (Wildman–Crippen LogP) is 2.49. The lowest BCUT2D eigenvalue weighted by Crippen LogP contribution is -2.30. The molecule has 0 saturated heterocycles. The van der Waals surface area contributed by atoms with E-state index in [9.17, 15) is 4.79 Å². The maximum absolute atomic E-state index is 12.2. The number of nitrogens with one attached hydrogen (secondary N) is 1. The van der Waals surface area contributed by atoms with Crippen molar-refractivity contribution in [1.29, 1.82) is 0 Å². The van der Waals surface area contributed by atoms with Crippen molar-refractivity contribution in [2.75, 3.05) is 0 Å². The second kappa shape index (κ2) is 6.52. The lowest BCUT2D eigenvalue weighted by Gasteiger charge is -2.11. The Morgan fingerprint density at radius 1 is 1.36 bits per heavy atom. The largest absolute Gasteiger partial charge is 0.351 e. The van der Waals surface area contributed by atoms with Crippen LogP contribution < -0.4 is 5.32 Å². The fraction of sp³-hybridized carbons (Fsp3) is 0.438. The summed E-state index contributed by atoms with van der Waals surface area (Å²) in [6, 6.07) is 9.91. The fourth-order valence-electron chi connectivity index (χ4n) is 2.27. The van der Waals surface area contributed by atoms with E-state index in [0.29, 0.717) is 12.5 Å².